The molecule has 1 aromatic carbocycles. The fraction of sp³-hybridized carbons (Fsp3) is 0.533. The van der Waals surface area contributed by atoms with Crippen LogP contribution in [0.4, 0.5) is 0 Å². The van der Waals surface area contributed by atoms with Crippen LogP contribution in [0.1, 0.15) is 24.3 Å². The van der Waals surface area contributed by atoms with Crippen LogP contribution in [-0.2, 0) is 11.2 Å². The molecule has 4 atom stereocenters. The molecule has 4 unspecified atom stereocenters. The SMILES string of the molecule is NNC(Cc1nc2ccccc2s1)C1CC2CCC1O2. The van der Waals surface area contributed by atoms with E-state index in [1.54, 1.807) is 11.3 Å². The van der Waals surface area contributed by atoms with Gasteiger partial charge in [-0.3, -0.25) is 11.3 Å². The number of thiazole rings is 1. The van der Waals surface area contributed by atoms with Crippen LogP contribution >= 0.6 is 11.3 Å². The van der Waals surface area contributed by atoms with Crippen LogP contribution in [0.3, 0.4) is 0 Å². The molecule has 0 spiro atoms. The molecule has 2 bridgehead atoms. The molecule has 20 heavy (non-hydrogen) atoms. The summed E-state index contributed by atoms with van der Waals surface area (Å²) in [5.41, 5.74) is 4.10. The summed E-state index contributed by atoms with van der Waals surface area (Å²) in [4.78, 5) is 4.72. The lowest BCUT2D eigenvalue weighted by Crippen LogP contribution is -2.45. The van der Waals surface area contributed by atoms with Crippen LogP contribution in [-0.4, -0.2) is 23.2 Å². The van der Waals surface area contributed by atoms with E-state index in [0.29, 0.717) is 18.1 Å². The van der Waals surface area contributed by atoms with Gasteiger partial charge in [0.15, 0.2) is 0 Å². The lowest BCUT2D eigenvalue weighted by atomic mass is 9.83. The maximum Gasteiger partial charge on any atom is 0.0954 e. The summed E-state index contributed by atoms with van der Waals surface area (Å²) in [6.07, 6.45) is 5.32. The Morgan fingerprint density at radius 2 is 2.30 bits per heavy atom. The van der Waals surface area contributed by atoms with Crippen molar-refractivity contribution in [2.75, 3.05) is 0 Å². The molecule has 2 aliphatic heterocycles. The number of nitrogens with one attached hydrogen (secondary N) is 1. The molecule has 0 radical (unpaired) electrons. The van der Waals surface area contributed by atoms with E-state index in [-0.39, 0.29) is 6.04 Å². The molecule has 2 aromatic rings. The highest BCUT2D eigenvalue weighted by Gasteiger charge is 2.44. The topological polar surface area (TPSA) is 60.2 Å². The molecule has 2 fully saturated rings. The number of hydrazine groups is 1. The number of hydrogen-bond acceptors (Lipinski definition) is 5. The Labute approximate surface area is 122 Å². The zero-order chi connectivity index (χ0) is 13.5. The largest absolute Gasteiger partial charge is 0.375 e. The highest BCUT2D eigenvalue weighted by atomic mass is 32.1. The van der Waals surface area contributed by atoms with Crippen molar-refractivity contribution < 1.29 is 4.74 Å². The van der Waals surface area contributed by atoms with Gasteiger partial charge in [-0.05, 0) is 31.4 Å². The van der Waals surface area contributed by atoms with Gasteiger partial charge < -0.3 is 4.74 Å². The predicted octanol–water partition coefficient (Wildman–Crippen LogP) is 2.24. The molecule has 5 heteroatoms. The maximum atomic E-state index is 5.95. The number of para-hydroxylation sites is 1. The lowest BCUT2D eigenvalue weighted by Gasteiger charge is -2.27. The molecular formula is C15H19N3OS. The smallest absolute Gasteiger partial charge is 0.0954 e. The first-order valence-electron chi connectivity index (χ1n) is 7.29. The first-order valence-corrected chi connectivity index (χ1v) is 8.11. The van der Waals surface area contributed by atoms with Crippen LogP contribution < -0.4 is 11.3 Å². The summed E-state index contributed by atoms with van der Waals surface area (Å²) in [7, 11) is 0. The molecule has 2 saturated heterocycles. The van der Waals surface area contributed by atoms with E-state index in [0.717, 1.165) is 23.4 Å². The molecule has 0 amide bonds. The lowest BCUT2D eigenvalue weighted by molar-refractivity contribution is 0.0857. The van der Waals surface area contributed by atoms with Crippen LogP contribution in [0.15, 0.2) is 24.3 Å². The Kier molecular flexibility index (Phi) is 3.22. The van der Waals surface area contributed by atoms with Crippen molar-refractivity contribution in [3.8, 4) is 0 Å². The minimum atomic E-state index is 0.269. The molecule has 3 heterocycles. The number of nitrogens with two attached hydrogens (primary N) is 1. The predicted molar refractivity (Wildman–Crippen MR) is 80.4 cm³/mol. The molecule has 4 rings (SSSR count). The van der Waals surface area contributed by atoms with E-state index < -0.39 is 0 Å². The van der Waals surface area contributed by atoms with Gasteiger partial charge in [-0.1, -0.05) is 12.1 Å². The molecule has 0 saturated carbocycles. The molecule has 3 N–H and O–H groups in total. The van der Waals surface area contributed by atoms with Gasteiger partial charge in [-0.25, -0.2) is 4.98 Å². The molecule has 106 valence electrons. The number of ether oxygens (including phenoxy) is 1. The van der Waals surface area contributed by atoms with E-state index in [1.807, 2.05) is 6.07 Å². The second-order valence-electron chi connectivity index (χ2n) is 5.83. The number of aromatic nitrogens is 1. The standard InChI is InChI=1S/C15H19N3OS/c16-18-12(10-7-9-5-6-13(10)19-9)8-15-17-11-3-1-2-4-14(11)20-15/h1-4,9-10,12-13,18H,5-8,16H2. The van der Waals surface area contributed by atoms with Crippen LogP contribution in [0, 0.1) is 5.92 Å². The number of rotatable bonds is 4. The number of hydrogen-bond donors (Lipinski definition) is 2. The summed E-state index contributed by atoms with van der Waals surface area (Å²) in [6, 6.07) is 8.56. The van der Waals surface area contributed by atoms with Crippen molar-refractivity contribution in [1.29, 1.82) is 0 Å². The average molecular weight is 289 g/mol. The number of nitrogens with zero attached hydrogens (tertiary/aromatic N) is 1. The molecular weight excluding hydrogens is 270 g/mol. The van der Waals surface area contributed by atoms with Gasteiger partial charge in [0.05, 0.1) is 27.4 Å². The van der Waals surface area contributed by atoms with E-state index in [4.69, 9.17) is 15.6 Å². The highest BCUT2D eigenvalue weighted by Crippen LogP contribution is 2.41. The van der Waals surface area contributed by atoms with Crippen molar-refractivity contribution in [3.63, 3.8) is 0 Å². The quantitative estimate of drug-likeness (QED) is 0.669. The Morgan fingerprint density at radius 1 is 1.40 bits per heavy atom. The first-order chi connectivity index (χ1) is 9.83. The molecule has 0 aliphatic carbocycles. The van der Waals surface area contributed by atoms with Crippen molar-refractivity contribution in [3.05, 3.63) is 29.3 Å². The minimum absolute atomic E-state index is 0.269. The summed E-state index contributed by atoms with van der Waals surface area (Å²) in [5.74, 6) is 6.33. The number of benzene rings is 1. The van der Waals surface area contributed by atoms with Crippen molar-refractivity contribution in [2.45, 2.75) is 43.9 Å². The van der Waals surface area contributed by atoms with Crippen molar-refractivity contribution >= 4 is 21.6 Å². The van der Waals surface area contributed by atoms with Crippen LogP contribution in [0.2, 0.25) is 0 Å². The zero-order valence-corrected chi connectivity index (χ0v) is 12.1. The monoisotopic (exact) mass is 289 g/mol. The van der Waals surface area contributed by atoms with Gasteiger partial charge in [-0.2, -0.15) is 0 Å². The first kappa shape index (κ1) is 12.7. The fourth-order valence-corrected chi connectivity index (χ4v) is 4.66. The second kappa shape index (κ2) is 5.07. The van der Waals surface area contributed by atoms with Gasteiger partial charge >= 0.3 is 0 Å². The Morgan fingerprint density at radius 3 is 3.00 bits per heavy atom. The Hall–Kier alpha value is -1.01. The third-order valence-electron chi connectivity index (χ3n) is 4.62. The zero-order valence-electron chi connectivity index (χ0n) is 11.3. The van der Waals surface area contributed by atoms with Gasteiger partial charge in [0.1, 0.15) is 0 Å². The van der Waals surface area contributed by atoms with Gasteiger partial charge in [0.25, 0.3) is 0 Å². The van der Waals surface area contributed by atoms with Gasteiger partial charge in [-0.15, -0.1) is 11.3 Å². The normalized spacial score (nSPS) is 30.1. The maximum absolute atomic E-state index is 5.95. The second-order valence-corrected chi connectivity index (χ2v) is 6.94. The van der Waals surface area contributed by atoms with E-state index in [2.05, 4.69) is 23.6 Å². The van der Waals surface area contributed by atoms with E-state index in [1.165, 1.54) is 17.5 Å². The van der Waals surface area contributed by atoms with Gasteiger partial charge in [0.2, 0.25) is 0 Å². The Balaban J connectivity index is 1.54. The van der Waals surface area contributed by atoms with E-state index >= 15 is 0 Å². The fourth-order valence-electron chi connectivity index (χ4n) is 3.63. The van der Waals surface area contributed by atoms with Crippen molar-refractivity contribution in [1.82, 2.24) is 10.4 Å². The summed E-state index contributed by atoms with van der Waals surface area (Å²) in [6.45, 7) is 0. The molecule has 4 nitrogen and oxygen atoms in total. The van der Waals surface area contributed by atoms with Crippen molar-refractivity contribution in [2.24, 2.45) is 11.8 Å². The molecule has 2 aliphatic rings. The average Bonchev–Trinajstić information content (AvgIpc) is 3.18. The minimum Gasteiger partial charge on any atom is -0.375 e. The third kappa shape index (κ3) is 2.15. The number of fused-ring (bicyclic) bond motifs is 3. The molecule has 1 aromatic heterocycles. The van der Waals surface area contributed by atoms with Gasteiger partial charge in [0, 0.05) is 18.4 Å². The summed E-state index contributed by atoms with van der Waals surface area (Å²) in [5, 5.41) is 1.16. The van der Waals surface area contributed by atoms with E-state index in [9.17, 15) is 0 Å². The third-order valence-corrected chi connectivity index (χ3v) is 5.68. The highest BCUT2D eigenvalue weighted by molar-refractivity contribution is 7.18. The Bertz CT molecular complexity index is 581. The summed E-state index contributed by atoms with van der Waals surface area (Å²) < 4.78 is 7.20. The van der Waals surface area contributed by atoms with Crippen LogP contribution in [0.25, 0.3) is 10.2 Å². The summed E-state index contributed by atoms with van der Waals surface area (Å²) >= 11 is 1.77. The van der Waals surface area contributed by atoms with Crippen LogP contribution in [0.5, 0.6) is 0 Å².